The Morgan fingerprint density at radius 1 is 1.20 bits per heavy atom. The number of carbonyl (C=O) groups is 1. The van der Waals surface area contributed by atoms with Gasteiger partial charge in [-0.15, -0.1) is 0 Å². The van der Waals surface area contributed by atoms with Crippen LogP contribution in [0.5, 0.6) is 0 Å². The normalized spacial score (nSPS) is 33.3. The molecule has 0 unspecified atom stereocenters. The molecule has 15 heavy (non-hydrogen) atoms. The summed E-state index contributed by atoms with van der Waals surface area (Å²) in [6, 6.07) is 0.934. The molecule has 0 aromatic heterocycles. The first-order valence-corrected chi connectivity index (χ1v) is 5.87. The van der Waals surface area contributed by atoms with Gasteiger partial charge in [0.2, 0.25) is 0 Å². The summed E-state index contributed by atoms with van der Waals surface area (Å²) in [7, 11) is 1.47. The molecule has 0 aromatic carbocycles. The van der Waals surface area contributed by atoms with Crippen LogP contribution in [0, 0.1) is 0 Å². The van der Waals surface area contributed by atoms with Crippen molar-refractivity contribution in [3.05, 3.63) is 11.1 Å². The maximum Gasteiger partial charge on any atom is 0.410 e. The molecule has 0 spiro atoms. The Morgan fingerprint density at radius 2 is 1.73 bits per heavy atom. The SMILES string of the molecule is COC(=O)N1[C@H]2CC3=C(CCCC3)C[C@@H]21. The van der Waals surface area contributed by atoms with E-state index in [1.807, 2.05) is 4.90 Å². The number of methoxy groups -OCH3 is 1. The molecule has 3 rings (SSSR count). The van der Waals surface area contributed by atoms with Crippen molar-refractivity contribution in [2.75, 3.05) is 7.11 Å². The van der Waals surface area contributed by atoms with E-state index in [0.717, 1.165) is 12.8 Å². The van der Waals surface area contributed by atoms with Crippen molar-refractivity contribution < 1.29 is 9.53 Å². The Labute approximate surface area is 90.1 Å². The minimum absolute atomic E-state index is 0.134. The van der Waals surface area contributed by atoms with E-state index in [1.54, 1.807) is 11.1 Å². The molecule has 2 atom stereocenters. The molecule has 1 fully saturated rings. The predicted octanol–water partition coefficient (Wildman–Crippen LogP) is 2.47. The molecule has 1 aliphatic heterocycles. The Bertz CT molecular complexity index is 311. The van der Waals surface area contributed by atoms with E-state index in [0.29, 0.717) is 12.1 Å². The molecular formula is C12H17NO2. The van der Waals surface area contributed by atoms with E-state index < -0.39 is 0 Å². The molecule has 3 heteroatoms. The quantitative estimate of drug-likeness (QED) is 0.451. The third-order valence-electron chi connectivity index (χ3n) is 4.07. The van der Waals surface area contributed by atoms with Crippen molar-refractivity contribution in [2.24, 2.45) is 0 Å². The second kappa shape index (κ2) is 3.26. The standard InChI is InChI=1S/C12H17NO2/c1-15-12(14)13-10-6-8-4-2-3-5-9(8)7-11(10)13/h10-11H,2-7H2,1H3/t10-,11-/m0/s1. The number of fused-ring (bicyclic) bond motifs is 1. The van der Waals surface area contributed by atoms with E-state index in [4.69, 9.17) is 4.74 Å². The van der Waals surface area contributed by atoms with Gasteiger partial charge < -0.3 is 4.74 Å². The molecular weight excluding hydrogens is 190 g/mol. The lowest BCUT2D eigenvalue weighted by Gasteiger charge is -2.22. The van der Waals surface area contributed by atoms with Gasteiger partial charge in [-0.1, -0.05) is 11.1 Å². The molecule has 3 nitrogen and oxygen atoms in total. The maximum atomic E-state index is 11.4. The van der Waals surface area contributed by atoms with Gasteiger partial charge in [-0.3, -0.25) is 4.90 Å². The highest BCUT2D eigenvalue weighted by Gasteiger charge is 2.54. The first-order chi connectivity index (χ1) is 7.31. The highest BCUT2D eigenvalue weighted by atomic mass is 16.5. The van der Waals surface area contributed by atoms with Gasteiger partial charge in [0.25, 0.3) is 0 Å². The fraction of sp³-hybridized carbons (Fsp3) is 0.750. The van der Waals surface area contributed by atoms with Gasteiger partial charge in [-0.2, -0.15) is 0 Å². The van der Waals surface area contributed by atoms with Crippen LogP contribution in [-0.4, -0.2) is 30.2 Å². The lowest BCUT2D eigenvalue weighted by molar-refractivity contribution is 0.150. The molecule has 1 amide bonds. The van der Waals surface area contributed by atoms with Crippen LogP contribution >= 0.6 is 0 Å². The van der Waals surface area contributed by atoms with Gasteiger partial charge in [-0.05, 0) is 38.5 Å². The van der Waals surface area contributed by atoms with Crippen LogP contribution in [-0.2, 0) is 4.74 Å². The topological polar surface area (TPSA) is 29.3 Å². The zero-order valence-corrected chi connectivity index (χ0v) is 9.16. The van der Waals surface area contributed by atoms with Crippen LogP contribution in [0.25, 0.3) is 0 Å². The minimum Gasteiger partial charge on any atom is -0.453 e. The van der Waals surface area contributed by atoms with Crippen molar-refractivity contribution in [3.8, 4) is 0 Å². The van der Waals surface area contributed by atoms with Crippen molar-refractivity contribution >= 4 is 6.09 Å². The molecule has 0 N–H and O–H groups in total. The fourth-order valence-corrected chi connectivity index (χ4v) is 3.21. The van der Waals surface area contributed by atoms with Crippen molar-refractivity contribution in [3.63, 3.8) is 0 Å². The molecule has 1 heterocycles. The van der Waals surface area contributed by atoms with Gasteiger partial charge in [0.15, 0.2) is 0 Å². The summed E-state index contributed by atoms with van der Waals surface area (Å²) < 4.78 is 4.79. The predicted molar refractivity (Wildman–Crippen MR) is 56.5 cm³/mol. The first kappa shape index (κ1) is 9.25. The number of hydrogen-bond donors (Lipinski definition) is 0. The number of nitrogens with zero attached hydrogens (tertiary/aromatic N) is 1. The molecule has 0 aromatic rings. The van der Waals surface area contributed by atoms with Gasteiger partial charge in [0.05, 0.1) is 19.2 Å². The third kappa shape index (κ3) is 1.36. The first-order valence-electron chi connectivity index (χ1n) is 5.87. The molecule has 0 radical (unpaired) electrons. The van der Waals surface area contributed by atoms with Crippen molar-refractivity contribution in [1.82, 2.24) is 4.90 Å². The lowest BCUT2D eigenvalue weighted by Crippen LogP contribution is -2.13. The molecule has 0 bridgehead atoms. The Hall–Kier alpha value is -0.990. The van der Waals surface area contributed by atoms with Crippen LogP contribution in [0.4, 0.5) is 4.79 Å². The van der Waals surface area contributed by atoms with Crippen molar-refractivity contribution in [1.29, 1.82) is 0 Å². The van der Waals surface area contributed by atoms with Crippen molar-refractivity contribution in [2.45, 2.75) is 50.6 Å². The molecule has 1 saturated heterocycles. The Balaban J connectivity index is 1.73. The monoisotopic (exact) mass is 207 g/mol. The number of ether oxygens (including phenoxy) is 1. The van der Waals surface area contributed by atoms with Gasteiger partial charge in [-0.25, -0.2) is 4.79 Å². The van der Waals surface area contributed by atoms with Crippen LogP contribution in [0.1, 0.15) is 38.5 Å². The van der Waals surface area contributed by atoms with E-state index in [-0.39, 0.29) is 6.09 Å². The smallest absolute Gasteiger partial charge is 0.410 e. The summed E-state index contributed by atoms with van der Waals surface area (Å²) in [6.45, 7) is 0. The summed E-state index contributed by atoms with van der Waals surface area (Å²) in [4.78, 5) is 13.3. The summed E-state index contributed by atoms with van der Waals surface area (Å²) in [6.07, 6.45) is 7.33. The number of hydrogen-bond acceptors (Lipinski definition) is 2. The van der Waals surface area contributed by atoms with Crippen LogP contribution < -0.4 is 0 Å². The summed E-state index contributed by atoms with van der Waals surface area (Å²) in [5.74, 6) is 0. The highest BCUT2D eigenvalue weighted by molar-refractivity contribution is 5.72. The number of rotatable bonds is 0. The van der Waals surface area contributed by atoms with E-state index >= 15 is 0 Å². The third-order valence-corrected chi connectivity index (χ3v) is 4.07. The summed E-state index contributed by atoms with van der Waals surface area (Å²) >= 11 is 0. The van der Waals surface area contributed by atoms with Crippen LogP contribution in [0.15, 0.2) is 11.1 Å². The highest BCUT2D eigenvalue weighted by Crippen LogP contribution is 2.47. The summed E-state index contributed by atoms with van der Waals surface area (Å²) in [5.41, 5.74) is 3.29. The zero-order valence-electron chi connectivity index (χ0n) is 9.16. The Morgan fingerprint density at radius 3 is 2.20 bits per heavy atom. The van der Waals surface area contributed by atoms with Crippen LogP contribution in [0.3, 0.4) is 0 Å². The fourth-order valence-electron chi connectivity index (χ4n) is 3.21. The zero-order chi connectivity index (χ0) is 10.4. The average molecular weight is 207 g/mol. The minimum atomic E-state index is -0.134. The number of carbonyl (C=O) groups excluding carboxylic acids is 1. The van der Waals surface area contributed by atoms with E-state index in [2.05, 4.69) is 0 Å². The molecule has 3 aliphatic rings. The van der Waals surface area contributed by atoms with E-state index in [1.165, 1.54) is 32.8 Å². The number of amides is 1. The summed E-state index contributed by atoms with van der Waals surface area (Å²) in [5, 5.41) is 0. The second-order valence-corrected chi connectivity index (χ2v) is 4.83. The Kier molecular flexibility index (Phi) is 2.01. The van der Waals surface area contributed by atoms with Gasteiger partial charge in [0.1, 0.15) is 0 Å². The maximum absolute atomic E-state index is 11.4. The van der Waals surface area contributed by atoms with E-state index in [9.17, 15) is 4.79 Å². The van der Waals surface area contributed by atoms with Gasteiger partial charge in [0, 0.05) is 0 Å². The van der Waals surface area contributed by atoms with Crippen LogP contribution in [0.2, 0.25) is 0 Å². The molecule has 82 valence electrons. The lowest BCUT2D eigenvalue weighted by atomic mass is 9.82. The van der Waals surface area contributed by atoms with Gasteiger partial charge >= 0.3 is 6.09 Å². The average Bonchev–Trinajstić information content (AvgIpc) is 2.97. The second-order valence-electron chi connectivity index (χ2n) is 4.83. The largest absolute Gasteiger partial charge is 0.453 e. The molecule has 0 saturated carbocycles. The molecule has 2 aliphatic carbocycles.